The molecule has 1 unspecified atom stereocenters. The fraction of sp³-hybridized carbons (Fsp3) is 0.727. The van der Waals surface area contributed by atoms with Gasteiger partial charge in [-0.05, 0) is 27.7 Å². The van der Waals surface area contributed by atoms with E-state index in [0.29, 0.717) is 13.0 Å². The van der Waals surface area contributed by atoms with E-state index >= 15 is 0 Å². The summed E-state index contributed by atoms with van der Waals surface area (Å²) in [6, 6.07) is 0.186. The summed E-state index contributed by atoms with van der Waals surface area (Å²) >= 11 is 0. The standard InChI is InChI=1S/C11H20N2O/c1-6-7-9(2)12-8-10(14)13-11(3,4)5/h1,9,12H,7-8H2,2-5H3,(H,13,14). The summed E-state index contributed by atoms with van der Waals surface area (Å²) in [4.78, 5) is 11.3. The topological polar surface area (TPSA) is 41.1 Å². The average Bonchev–Trinajstić information content (AvgIpc) is 1.98. The van der Waals surface area contributed by atoms with Crippen LogP contribution >= 0.6 is 0 Å². The summed E-state index contributed by atoms with van der Waals surface area (Å²) in [5.74, 6) is 2.55. The predicted octanol–water partition coefficient (Wildman–Crippen LogP) is 0.902. The zero-order chi connectivity index (χ0) is 11.2. The van der Waals surface area contributed by atoms with Crippen molar-refractivity contribution in [2.45, 2.75) is 45.7 Å². The highest BCUT2D eigenvalue weighted by Gasteiger charge is 2.13. The molecule has 80 valence electrons. The molecule has 0 heterocycles. The number of terminal acetylenes is 1. The highest BCUT2D eigenvalue weighted by Crippen LogP contribution is 1.97. The number of hydrogen-bond acceptors (Lipinski definition) is 2. The van der Waals surface area contributed by atoms with Crippen LogP contribution in [-0.2, 0) is 4.79 Å². The van der Waals surface area contributed by atoms with Crippen molar-refractivity contribution in [1.82, 2.24) is 10.6 Å². The van der Waals surface area contributed by atoms with Gasteiger partial charge in [0.2, 0.25) is 5.91 Å². The monoisotopic (exact) mass is 196 g/mol. The van der Waals surface area contributed by atoms with Gasteiger partial charge in [-0.2, -0.15) is 0 Å². The van der Waals surface area contributed by atoms with E-state index < -0.39 is 0 Å². The molecule has 0 aromatic rings. The molecule has 1 amide bonds. The van der Waals surface area contributed by atoms with Gasteiger partial charge in [0.1, 0.15) is 0 Å². The Labute approximate surface area is 86.6 Å². The van der Waals surface area contributed by atoms with Crippen molar-refractivity contribution in [2.75, 3.05) is 6.54 Å². The van der Waals surface area contributed by atoms with E-state index in [0.717, 1.165) is 0 Å². The van der Waals surface area contributed by atoms with Gasteiger partial charge in [-0.3, -0.25) is 4.79 Å². The predicted molar refractivity (Wildman–Crippen MR) is 58.8 cm³/mol. The summed E-state index contributed by atoms with van der Waals surface area (Å²) in [5, 5.41) is 5.91. The van der Waals surface area contributed by atoms with Crippen LogP contribution in [0.25, 0.3) is 0 Å². The van der Waals surface area contributed by atoms with Crippen molar-refractivity contribution in [2.24, 2.45) is 0 Å². The first-order chi connectivity index (χ1) is 6.35. The van der Waals surface area contributed by atoms with Gasteiger partial charge < -0.3 is 10.6 Å². The number of carbonyl (C=O) groups is 1. The molecule has 3 heteroatoms. The van der Waals surface area contributed by atoms with Crippen LogP contribution in [0.3, 0.4) is 0 Å². The summed E-state index contributed by atoms with van der Waals surface area (Å²) in [5.41, 5.74) is -0.173. The third kappa shape index (κ3) is 7.63. The molecule has 0 aliphatic carbocycles. The summed E-state index contributed by atoms with van der Waals surface area (Å²) in [6.07, 6.45) is 5.79. The van der Waals surface area contributed by atoms with Gasteiger partial charge in [0.05, 0.1) is 6.54 Å². The van der Waals surface area contributed by atoms with Gasteiger partial charge in [0.25, 0.3) is 0 Å². The summed E-state index contributed by atoms with van der Waals surface area (Å²) < 4.78 is 0. The Kier molecular flexibility index (Phi) is 5.26. The lowest BCUT2D eigenvalue weighted by Crippen LogP contribution is -2.46. The number of rotatable bonds is 4. The van der Waals surface area contributed by atoms with Crippen LogP contribution in [0.2, 0.25) is 0 Å². The van der Waals surface area contributed by atoms with Crippen molar-refractivity contribution in [3.8, 4) is 12.3 Å². The molecule has 0 saturated carbocycles. The van der Waals surface area contributed by atoms with Crippen LogP contribution in [0.1, 0.15) is 34.1 Å². The lowest BCUT2D eigenvalue weighted by atomic mass is 10.1. The molecule has 3 nitrogen and oxygen atoms in total. The Morgan fingerprint density at radius 2 is 2.07 bits per heavy atom. The maximum Gasteiger partial charge on any atom is 0.234 e. The SMILES string of the molecule is C#CCC(C)NCC(=O)NC(C)(C)C. The second-order valence-corrected chi connectivity index (χ2v) is 4.49. The molecule has 0 rings (SSSR count). The van der Waals surface area contributed by atoms with E-state index in [-0.39, 0.29) is 17.5 Å². The van der Waals surface area contributed by atoms with Gasteiger partial charge in [-0.25, -0.2) is 0 Å². The van der Waals surface area contributed by atoms with E-state index in [1.54, 1.807) is 0 Å². The Bertz CT molecular complexity index is 222. The first-order valence-electron chi connectivity index (χ1n) is 4.83. The van der Waals surface area contributed by atoms with Crippen LogP contribution < -0.4 is 10.6 Å². The van der Waals surface area contributed by atoms with E-state index in [2.05, 4.69) is 16.6 Å². The largest absolute Gasteiger partial charge is 0.350 e. The quantitative estimate of drug-likeness (QED) is 0.656. The zero-order valence-electron chi connectivity index (χ0n) is 9.48. The number of amides is 1. The molecule has 0 fully saturated rings. The molecule has 0 saturated heterocycles. The van der Waals surface area contributed by atoms with E-state index in [4.69, 9.17) is 6.42 Å². The summed E-state index contributed by atoms with van der Waals surface area (Å²) in [6.45, 7) is 8.14. The highest BCUT2D eigenvalue weighted by atomic mass is 16.2. The van der Waals surface area contributed by atoms with Gasteiger partial charge in [0, 0.05) is 18.0 Å². The molecule has 14 heavy (non-hydrogen) atoms. The van der Waals surface area contributed by atoms with Crippen LogP contribution in [0, 0.1) is 12.3 Å². The molecular formula is C11H20N2O. The van der Waals surface area contributed by atoms with Gasteiger partial charge in [0.15, 0.2) is 0 Å². The van der Waals surface area contributed by atoms with Crippen molar-refractivity contribution in [3.05, 3.63) is 0 Å². The number of nitrogens with one attached hydrogen (secondary N) is 2. The van der Waals surface area contributed by atoms with E-state index in [1.165, 1.54) is 0 Å². The minimum absolute atomic E-state index is 0.00127. The number of hydrogen-bond donors (Lipinski definition) is 2. The Balaban J connectivity index is 3.71. The molecule has 1 atom stereocenters. The van der Waals surface area contributed by atoms with Crippen molar-refractivity contribution >= 4 is 5.91 Å². The second-order valence-electron chi connectivity index (χ2n) is 4.49. The number of carbonyl (C=O) groups excluding carboxylic acids is 1. The zero-order valence-corrected chi connectivity index (χ0v) is 9.48. The lowest BCUT2D eigenvalue weighted by molar-refractivity contribution is -0.121. The summed E-state index contributed by atoms with van der Waals surface area (Å²) in [7, 11) is 0. The van der Waals surface area contributed by atoms with Crippen LogP contribution in [0.5, 0.6) is 0 Å². The van der Waals surface area contributed by atoms with Crippen LogP contribution in [0.4, 0.5) is 0 Å². The fourth-order valence-corrected chi connectivity index (χ4v) is 0.978. The smallest absolute Gasteiger partial charge is 0.234 e. The van der Waals surface area contributed by atoms with Gasteiger partial charge >= 0.3 is 0 Å². The molecule has 2 N–H and O–H groups in total. The molecular weight excluding hydrogens is 176 g/mol. The molecule has 0 aliphatic heterocycles. The Hall–Kier alpha value is -1.01. The van der Waals surface area contributed by atoms with Crippen LogP contribution in [-0.4, -0.2) is 24.0 Å². The molecule has 0 aliphatic rings. The van der Waals surface area contributed by atoms with Gasteiger partial charge in [-0.15, -0.1) is 12.3 Å². The lowest BCUT2D eigenvalue weighted by Gasteiger charge is -2.21. The first-order valence-corrected chi connectivity index (χ1v) is 4.83. The minimum atomic E-state index is -0.173. The van der Waals surface area contributed by atoms with Crippen molar-refractivity contribution in [1.29, 1.82) is 0 Å². The Morgan fingerprint density at radius 3 is 2.50 bits per heavy atom. The van der Waals surface area contributed by atoms with Crippen molar-refractivity contribution < 1.29 is 4.79 Å². The molecule has 0 spiro atoms. The minimum Gasteiger partial charge on any atom is -0.350 e. The molecule has 0 aromatic heterocycles. The van der Waals surface area contributed by atoms with E-state index in [1.807, 2.05) is 27.7 Å². The van der Waals surface area contributed by atoms with Crippen LogP contribution in [0.15, 0.2) is 0 Å². The average molecular weight is 196 g/mol. The maximum atomic E-state index is 11.3. The normalized spacial score (nSPS) is 13.1. The molecule has 0 radical (unpaired) electrons. The van der Waals surface area contributed by atoms with Crippen molar-refractivity contribution in [3.63, 3.8) is 0 Å². The first kappa shape index (κ1) is 13.0. The van der Waals surface area contributed by atoms with E-state index in [9.17, 15) is 4.79 Å². The molecule has 0 bridgehead atoms. The van der Waals surface area contributed by atoms with Gasteiger partial charge in [-0.1, -0.05) is 0 Å². The Morgan fingerprint density at radius 1 is 1.50 bits per heavy atom. The third-order valence-electron chi connectivity index (χ3n) is 1.55. The highest BCUT2D eigenvalue weighted by molar-refractivity contribution is 5.78. The maximum absolute atomic E-state index is 11.3. The molecule has 0 aromatic carbocycles. The fourth-order valence-electron chi connectivity index (χ4n) is 0.978. The second kappa shape index (κ2) is 5.66. The third-order valence-corrected chi connectivity index (χ3v) is 1.55.